The summed E-state index contributed by atoms with van der Waals surface area (Å²) < 4.78 is 46.6. The zero-order chi connectivity index (χ0) is 21.0. The molecule has 2 aliphatic heterocycles. The standard InChI is InChI=1S/C21H22F2N2O5/c1-28-19-16(23)15(22)10-13-17(19)25(12-2-3-12)11-14(18(13)26)20(27)24-6-4-21(5-7-24)29-8-9-30-21/h10-12H,2-9H2,1H3. The van der Waals surface area contributed by atoms with Gasteiger partial charge in [-0.25, -0.2) is 4.39 Å². The summed E-state index contributed by atoms with van der Waals surface area (Å²) in [5.41, 5.74) is -0.491. The van der Waals surface area contributed by atoms with Crippen molar-refractivity contribution in [3.05, 3.63) is 39.7 Å². The van der Waals surface area contributed by atoms with Gasteiger partial charge in [-0.15, -0.1) is 0 Å². The Morgan fingerprint density at radius 1 is 1.20 bits per heavy atom. The van der Waals surface area contributed by atoms with Crippen molar-refractivity contribution >= 4 is 16.8 Å². The maximum atomic E-state index is 14.3. The van der Waals surface area contributed by atoms with E-state index in [2.05, 4.69) is 0 Å². The Bertz CT molecular complexity index is 1080. The second-order valence-electron chi connectivity index (χ2n) is 8.01. The molecule has 9 heteroatoms. The van der Waals surface area contributed by atoms with Gasteiger partial charge in [0.15, 0.2) is 17.4 Å². The van der Waals surface area contributed by atoms with Crippen molar-refractivity contribution in [2.45, 2.75) is 37.5 Å². The van der Waals surface area contributed by atoms with E-state index in [4.69, 9.17) is 14.2 Å². The third kappa shape index (κ3) is 2.99. The highest BCUT2D eigenvalue weighted by atomic mass is 19.2. The van der Waals surface area contributed by atoms with Gasteiger partial charge < -0.3 is 23.7 Å². The molecule has 3 aliphatic rings. The summed E-state index contributed by atoms with van der Waals surface area (Å²) in [7, 11) is 1.23. The van der Waals surface area contributed by atoms with E-state index in [-0.39, 0.29) is 28.3 Å². The average Bonchev–Trinajstić information content (AvgIpc) is 3.50. The topological polar surface area (TPSA) is 70.0 Å². The highest BCUT2D eigenvalue weighted by Crippen LogP contribution is 2.40. The lowest BCUT2D eigenvalue weighted by Crippen LogP contribution is -2.48. The Morgan fingerprint density at radius 3 is 2.47 bits per heavy atom. The number of carbonyl (C=O) groups excluding carboxylic acids is 1. The van der Waals surface area contributed by atoms with Gasteiger partial charge in [0.25, 0.3) is 5.91 Å². The number of fused-ring (bicyclic) bond motifs is 1. The van der Waals surface area contributed by atoms with E-state index in [1.165, 1.54) is 13.3 Å². The first-order chi connectivity index (χ1) is 14.4. The molecule has 1 aliphatic carbocycles. The minimum Gasteiger partial charge on any atom is -0.491 e. The Kier molecular flexibility index (Phi) is 4.55. The summed E-state index contributed by atoms with van der Waals surface area (Å²) in [4.78, 5) is 27.9. The largest absolute Gasteiger partial charge is 0.491 e. The van der Waals surface area contributed by atoms with Crippen LogP contribution < -0.4 is 10.2 Å². The first-order valence-corrected chi connectivity index (χ1v) is 10.1. The number of likely N-dealkylation sites (tertiary alicyclic amines) is 1. The van der Waals surface area contributed by atoms with Crippen LogP contribution in [0.5, 0.6) is 5.75 Å². The number of methoxy groups -OCH3 is 1. The molecule has 3 heterocycles. The van der Waals surface area contributed by atoms with Crippen LogP contribution >= 0.6 is 0 Å². The van der Waals surface area contributed by atoms with E-state index < -0.39 is 28.8 Å². The van der Waals surface area contributed by atoms with Crippen molar-refractivity contribution in [2.24, 2.45) is 0 Å². The SMILES string of the molecule is COc1c(F)c(F)cc2c(=O)c(C(=O)N3CCC4(CC3)OCCO4)cn(C3CC3)c12. The van der Waals surface area contributed by atoms with Crippen LogP contribution in [0.2, 0.25) is 0 Å². The predicted octanol–water partition coefficient (Wildman–Crippen LogP) is 2.60. The van der Waals surface area contributed by atoms with Gasteiger partial charge in [-0.2, -0.15) is 4.39 Å². The Morgan fingerprint density at radius 2 is 1.87 bits per heavy atom. The van der Waals surface area contributed by atoms with Gasteiger partial charge in [0.05, 0.1) is 31.2 Å². The molecule has 0 unspecified atom stereocenters. The minimum atomic E-state index is -1.18. The first kappa shape index (κ1) is 19.4. The molecule has 30 heavy (non-hydrogen) atoms. The Labute approximate surface area is 171 Å². The van der Waals surface area contributed by atoms with E-state index in [1.807, 2.05) is 0 Å². The molecule has 2 aromatic rings. The Balaban J connectivity index is 1.57. The minimum absolute atomic E-state index is 0.0170. The molecule has 7 nitrogen and oxygen atoms in total. The van der Waals surface area contributed by atoms with Crippen LogP contribution in [0.25, 0.3) is 10.9 Å². The molecule has 0 radical (unpaired) electrons. The summed E-state index contributed by atoms with van der Waals surface area (Å²) in [6.07, 6.45) is 4.17. The second-order valence-corrected chi connectivity index (χ2v) is 8.01. The predicted molar refractivity (Wildman–Crippen MR) is 103 cm³/mol. The zero-order valence-corrected chi connectivity index (χ0v) is 16.6. The third-order valence-corrected chi connectivity index (χ3v) is 6.17. The summed E-state index contributed by atoms with van der Waals surface area (Å²) in [5.74, 6) is -3.70. The van der Waals surface area contributed by atoms with Crippen LogP contribution in [0, 0.1) is 11.6 Å². The van der Waals surface area contributed by atoms with Crippen LogP contribution in [-0.4, -0.2) is 54.6 Å². The lowest BCUT2D eigenvalue weighted by atomic mass is 10.0. The number of ether oxygens (including phenoxy) is 3. The Hall–Kier alpha value is -2.52. The molecule has 1 spiro atoms. The zero-order valence-electron chi connectivity index (χ0n) is 16.6. The van der Waals surface area contributed by atoms with Crippen LogP contribution in [-0.2, 0) is 9.47 Å². The van der Waals surface area contributed by atoms with Crippen molar-refractivity contribution in [1.82, 2.24) is 9.47 Å². The van der Waals surface area contributed by atoms with Gasteiger partial charge >= 0.3 is 0 Å². The molecule has 0 atom stereocenters. The molecule has 160 valence electrons. The van der Waals surface area contributed by atoms with E-state index in [9.17, 15) is 18.4 Å². The number of piperidine rings is 1. The molecular formula is C21H22F2N2O5. The highest BCUT2D eigenvalue weighted by Gasteiger charge is 2.41. The molecule has 2 saturated heterocycles. The maximum absolute atomic E-state index is 14.3. The quantitative estimate of drug-likeness (QED) is 0.764. The third-order valence-electron chi connectivity index (χ3n) is 6.17. The molecule has 1 aromatic heterocycles. The van der Waals surface area contributed by atoms with Gasteiger partial charge in [0, 0.05) is 38.2 Å². The first-order valence-electron chi connectivity index (χ1n) is 10.1. The van der Waals surface area contributed by atoms with E-state index in [1.54, 1.807) is 9.47 Å². The summed E-state index contributed by atoms with van der Waals surface area (Å²) in [5, 5.41) is -0.0561. The molecule has 1 amide bonds. The van der Waals surface area contributed by atoms with Gasteiger partial charge in [0.1, 0.15) is 5.56 Å². The lowest BCUT2D eigenvalue weighted by molar-refractivity contribution is -0.181. The smallest absolute Gasteiger partial charge is 0.259 e. The summed E-state index contributed by atoms with van der Waals surface area (Å²) in [6, 6.07) is 0.875. The lowest BCUT2D eigenvalue weighted by Gasteiger charge is -2.37. The maximum Gasteiger partial charge on any atom is 0.259 e. The summed E-state index contributed by atoms with van der Waals surface area (Å²) in [6.45, 7) is 1.85. The molecular weight excluding hydrogens is 398 g/mol. The van der Waals surface area contributed by atoms with Crippen LogP contribution in [0.15, 0.2) is 17.1 Å². The molecule has 0 bridgehead atoms. The number of halogens is 2. The highest BCUT2D eigenvalue weighted by molar-refractivity contribution is 5.98. The number of rotatable bonds is 3. The fourth-order valence-electron chi connectivity index (χ4n) is 4.42. The van der Waals surface area contributed by atoms with Crippen molar-refractivity contribution in [3.63, 3.8) is 0 Å². The van der Waals surface area contributed by atoms with Gasteiger partial charge in [0.2, 0.25) is 11.2 Å². The number of hydrogen-bond donors (Lipinski definition) is 0. The van der Waals surface area contributed by atoms with Crippen molar-refractivity contribution in [3.8, 4) is 5.75 Å². The number of hydrogen-bond acceptors (Lipinski definition) is 5. The van der Waals surface area contributed by atoms with Crippen LogP contribution in [0.4, 0.5) is 8.78 Å². The van der Waals surface area contributed by atoms with Gasteiger partial charge in [-0.05, 0) is 18.9 Å². The monoisotopic (exact) mass is 420 g/mol. The number of amides is 1. The van der Waals surface area contributed by atoms with Gasteiger partial charge in [-0.3, -0.25) is 9.59 Å². The molecule has 0 N–H and O–H groups in total. The number of nitrogens with zero attached hydrogens (tertiary/aromatic N) is 2. The van der Waals surface area contributed by atoms with E-state index in [0.29, 0.717) is 39.1 Å². The van der Waals surface area contributed by atoms with Crippen molar-refractivity contribution < 1.29 is 27.8 Å². The van der Waals surface area contributed by atoms with Crippen LogP contribution in [0.1, 0.15) is 42.1 Å². The number of carbonyl (C=O) groups is 1. The van der Waals surface area contributed by atoms with Crippen molar-refractivity contribution in [2.75, 3.05) is 33.4 Å². The second kappa shape index (κ2) is 7.02. The van der Waals surface area contributed by atoms with E-state index in [0.717, 1.165) is 18.9 Å². The normalized spacial score (nSPS) is 20.8. The molecule has 3 fully saturated rings. The van der Waals surface area contributed by atoms with E-state index >= 15 is 0 Å². The fourth-order valence-corrected chi connectivity index (χ4v) is 4.42. The molecule has 1 saturated carbocycles. The molecule has 5 rings (SSSR count). The number of pyridine rings is 1. The average molecular weight is 420 g/mol. The number of aromatic nitrogens is 1. The molecule has 1 aromatic carbocycles. The van der Waals surface area contributed by atoms with Gasteiger partial charge in [-0.1, -0.05) is 0 Å². The number of benzene rings is 1. The summed E-state index contributed by atoms with van der Waals surface area (Å²) >= 11 is 0. The van der Waals surface area contributed by atoms with Crippen molar-refractivity contribution in [1.29, 1.82) is 0 Å². The fraction of sp³-hybridized carbons (Fsp3) is 0.524. The van der Waals surface area contributed by atoms with Crippen LogP contribution in [0.3, 0.4) is 0 Å².